The fourth-order valence-electron chi connectivity index (χ4n) is 11.8. The molecule has 0 spiro atoms. The molecule has 0 aliphatic carbocycles. The molecule has 0 aliphatic heterocycles. The standard InChI is InChI=1S/C75H149N2O6P/c1-6-8-10-12-14-16-18-20-22-24-26-28-30-32-34-35-36-37-38-39-40-41-42-43-45-47-49-51-53-55-57-59-61-63-65-67-69-75(79)76-73(72-83-84(80,81)82-71-70-77(3,4)5)74(78)68-66-64-62-60-58-56-54-52-50-48-46-44-33-31-29-27-25-23-21-19-17-15-13-11-9-7-2/h58,60,66,68,73-74,78H,6-57,59,61-65,67,69-72H2,1-5H3,(H-,76,79,80,81)/p+1/b60-58+,68-66+. The lowest BCUT2D eigenvalue weighted by molar-refractivity contribution is -0.870. The topological polar surface area (TPSA) is 105 Å². The maximum atomic E-state index is 13.1. The van der Waals surface area contributed by atoms with Crippen LogP contribution >= 0.6 is 7.82 Å². The van der Waals surface area contributed by atoms with Gasteiger partial charge in [0.05, 0.1) is 39.9 Å². The molecule has 0 fully saturated rings. The zero-order chi connectivity index (χ0) is 61.2. The number of allylic oxidation sites excluding steroid dienone is 3. The summed E-state index contributed by atoms with van der Waals surface area (Å²) in [6.45, 7) is 4.87. The molecule has 3 unspecified atom stereocenters. The summed E-state index contributed by atoms with van der Waals surface area (Å²) in [6.07, 6.45) is 88.0. The molecular formula is C75H150N2O6P+. The van der Waals surface area contributed by atoms with E-state index in [0.717, 1.165) is 38.5 Å². The molecule has 0 heterocycles. The van der Waals surface area contributed by atoms with E-state index in [2.05, 4.69) is 31.3 Å². The number of quaternary nitrogens is 1. The van der Waals surface area contributed by atoms with Crippen LogP contribution in [0.4, 0.5) is 0 Å². The molecule has 0 aromatic heterocycles. The zero-order valence-electron chi connectivity index (χ0n) is 57.4. The number of amides is 1. The molecule has 1 amide bonds. The van der Waals surface area contributed by atoms with E-state index in [1.165, 1.54) is 340 Å². The first-order chi connectivity index (χ1) is 41.0. The Morgan fingerprint density at radius 1 is 0.393 bits per heavy atom. The van der Waals surface area contributed by atoms with Gasteiger partial charge in [0.2, 0.25) is 5.91 Å². The van der Waals surface area contributed by atoms with Gasteiger partial charge in [-0.2, -0.15) is 0 Å². The van der Waals surface area contributed by atoms with Crippen molar-refractivity contribution in [2.45, 2.75) is 411 Å². The highest BCUT2D eigenvalue weighted by atomic mass is 31.2. The van der Waals surface area contributed by atoms with Crippen molar-refractivity contribution in [2.75, 3.05) is 40.9 Å². The first kappa shape index (κ1) is 83.0. The number of aliphatic hydroxyl groups is 1. The van der Waals surface area contributed by atoms with Gasteiger partial charge in [-0.25, -0.2) is 4.57 Å². The summed E-state index contributed by atoms with van der Waals surface area (Å²) in [6, 6.07) is -0.862. The molecule has 0 aromatic rings. The Kier molecular flexibility index (Phi) is 65.6. The summed E-state index contributed by atoms with van der Waals surface area (Å²) in [4.78, 5) is 23.4. The quantitative estimate of drug-likeness (QED) is 0.0243. The van der Waals surface area contributed by atoms with Crippen molar-refractivity contribution in [1.82, 2.24) is 5.32 Å². The van der Waals surface area contributed by atoms with Gasteiger partial charge in [-0.15, -0.1) is 0 Å². The maximum Gasteiger partial charge on any atom is 0.472 e. The number of nitrogens with one attached hydrogen (secondary N) is 1. The predicted octanol–water partition coefficient (Wildman–Crippen LogP) is 24.2. The third-order valence-electron chi connectivity index (χ3n) is 17.7. The SMILES string of the molecule is CCCCCCCCCCCCCCCCCCCCCC/C=C/CC/C=C/C(O)C(COP(=O)(O)OCC[N+](C)(C)C)NC(=O)CCCCCCCCCCCCCCCCCCCCCCCCCCCCCCCCCCCCCC. The number of nitrogens with zero attached hydrogens (tertiary/aromatic N) is 1. The minimum Gasteiger partial charge on any atom is -0.387 e. The van der Waals surface area contributed by atoms with Crippen LogP contribution in [-0.4, -0.2) is 73.4 Å². The first-order valence-corrected chi connectivity index (χ1v) is 39.2. The van der Waals surface area contributed by atoms with Crippen LogP contribution in [0.2, 0.25) is 0 Å². The Morgan fingerprint density at radius 3 is 0.952 bits per heavy atom. The molecule has 0 radical (unpaired) electrons. The van der Waals surface area contributed by atoms with Crippen LogP contribution in [0.25, 0.3) is 0 Å². The van der Waals surface area contributed by atoms with Crippen LogP contribution in [0, 0.1) is 0 Å². The van der Waals surface area contributed by atoms with E-state index >= 15 is 0 Å². The molecule has 3 atom stereocenters. The van der Waals surface area contributed by atoms with Gasteiger partial charge in [0.1, 0.15) is 13.2 Å². The second kappa shape index (κ2) is 66.4. The van der Waals surface area contributed by atoms with Crippen molar-refractivity contribution >= 4 is 13.7 Å². The fourth-order valence-corrected chi connectivity index (χ4v) is 12.6. The smallest absolute Gasteiger partial charge is 0.387 e. The summed E-state index contributed by atoms with van der Waals surface area (Å²) < 4.78 is 23.8. The number of likely N-dealkylation sites (N-methyl/N-ethyl adjacent to an activating group) is 1. The molecule has 0 aromatic carbocycles. The van der Waals surface area contributed by atoms with Gasteiger partial charge >= 0.3 is 7.82 Å². The lowest BCUT2D eigenvalue weighted by Crippen LogP contribution is -2.45. The Morgan fingerprint density at radius 2 is 0.655 bits per heavy atom. The van der Waals surface area contributed by atoms with Crippen molar-refractivity contribution in [1.29, 1.82) is 0 Å². The van der Waals surface area contributed by atoms with E-state index in [9.17, 15) is 19.4 Å². The molecule has 3 N–H and O–H groups in total. The number of phosphoric ester groups is 1. The van der Waals surface area contributed by atoms with Crippen molar-refractivity contribution in [2.24, 2.45) is 0 Å². The van der Waals surface area contributed by atoms with Crippen LogP contribution in [0.15, 0.2) is 24.3 Å². The number of rotatable bonds is 71. The van der Waals surface area contributed by atoms with Crippen LogP contribution in [0.3, 0.4) is 0 Å². The Hall–Kier alpha value is -1.02. The number of hydrogen-bond donors (Lipinski definition) is 3. The Labute approximate surface area is 525 Å². The number of phosphoric acid groups is 1. The van der Waals surface area contributed by atoms with E-state index in [1.54, 1.807) is 6.08 Å². The van der Waals surface area contributed by atoms with Crippen molar-refractivity contribution in [3.8, 4) is 0 Å². The molecule has 84 heavy (non-hydrogen) atoms. The number of unbranched alkanes of at least 4 members (excludes halogenated alkanes) is 56. The second-order valence-electron chi connectivity index (χ2n) is 27.4. The monoisotopic (exact) mass is 1210 g/mol. The third kappa shape index (κ3) is 68.5. The van der Waals surface area contributed by atoms with Crippen LogP contribution in [0.5, 0.6) is 0 Å². The molecule has 0 saturated heterocycles. The summed E-state index contributed by atoms with van der Waals surface area (Å²) in [7, 11) is 1.58. The van der Waals surface area contributed by atoms with Crippen molar-refractivity contribution < 1.29 is 32.9 Å². The lowest BCUT2D eigenvalue weighted by Gasteiger charge is -2.25. The highest BCUT2D eigenvalue weighted by Gasteiger charge is 2.28. The molecule has 500 valence electrons. The van der Waals surface area contributed by atoms with E-state index < -0.39 is 20.0 Å². The third-order valence-corrected chi connectivity index (χ3v) is 18.7. The number of carbonyl (C=O) groups is 1. The van der Waals surface area contributed by atoms with E-state index in [1.807, 2.05) is 27.2 Å². The number of carbonyl (C=O) groups excluding carboxylic acids is 1. The molecular weight excluding hydrogens is 1060 g/mol. The summed E-state index contributed by atoms with van der Waals surface area (Å²) >= 11 is 0. The van der Waals surface area contributed by atoms with Gasteiger partial charge in [0.25, 0.3) is 0 Å². The van der Waals surface area contributed by atoms with Crippen molar-refractivity contribution in [3.63, 3.8) is 0 Å². The van der Waals surface area contributed by atoms with Gasteiger partial charge in [0.15, 0.2) is 0 Å². The predicted molar refractivity (Wildman–Crippen MR) is 369 cm³/mol. The fraction of sp³-hybridized carbons (Fsp3) is 0.933. The summed E-state index contributed by atoms with van der Waals surface area (Å²) in [5.74, 6) is -0.177. The van der Waals surface area contributed by atoms with Crippen LogP contribution in [-0.2, 0) is 18.4 Å². The van der Waals surface area contributed by atoms with Crippen LogP contribution in [0.1, 0.15) is 399 Å². The minimum atomic E-state index is -4.36. The second-order valence-corrected chi connectivity index (χ2v) is 28.8. The first-order valence-electron chi connectivity index (χ1n) is 37.7. The van der Waals surface area contributed by atoms with E-state index in [0.29, 0.717) is 17.4 Å². The zero-order valence-corrected chi connectivity index (χ0v) is 58.3. The van der Waals surface area contributed by atoms with Gasteiger partial charge in [0, 0.05) is 6.42 Å². The van der Waals surface area contributed by atoms with E-state index in [-0.39, 0.29) is 19.1 Å². The van der Waals surface area contributed by atoms with E-state index in [4.69, 9.17) is 9.05 Å². The van der Waals surface area contributed by atoms with Gasteiger partial charge in [-0.3, -0.25) is 13.8 Å². The van der Waals surface area contributed by atoms with Crippen LogP contribution < -0.4 is 5.32 Å². The lowest BCUT2D eigenvalue weighted by atomic mass is 10.0. The highest BCUT2D eigenvalue weighted by Crippen LogP contribution is 2.43. The maximum absolute atomic E-state index is 13.1. The number of aliphatic hydroxyl groups excluding tert-OH is 1. The molecule has 0 aliphatic rings. The molecule has 8 nitrogen and oxygen atoms in total. The van der Waals surface area contributed by atoms with Gasteiger partial charge < -0.3 is 19.8 Å². The minimum absolute atomic E-state index is 0.0592. The van der Waals surface area contributed by atoms with Crippen molar-refractivity contribution in [3.05, 3.63) is 24.3 Å². The summed E-state index contributed by atoms with van der Waals surface area (Å²) in [5.41, 5.74) is 0. The van der Waals surface area contributed by atoms with Gasteiger partial charge in [-0.1, -0.05) is 385 Å². The average Bonchev–Trinajstić information content (AvgIpc) is 3.56. The van der Waals surface area contributed by atoms with Gasteiger partial charge in [-0.05, 0) is 32.1 Å². The largest absolute Gasteiger partial charge is 0.472 e. The molecule has 0 rings (SSSR count). The average molecular weight is 1210 g/mol. The number of hydrogen-bond acceptors (Lipinski definition) is 5. The summed E-state index contributed by atoms with van der Waals surface area (Å²) in [5, 5.41) is 14.0. The molecule has 0 saturated carbocycles. The normalized spacial score (nSPS) is 13.7. The molecule has 9 heteroatoms. The highest BCUT2D eigenvalue weighted by molar-refractivity contribution is 7.47. The Bertz CT molecular complexity index is 1420. The molecule has 0 bridgehead atoms. The Balaban J connectivity index is 3.98.